The first-order valence-corrected chi connectivity index (χ1v) is 3.09. The lowest BCUT2D eigenvalue weighted by Crippen LogP contribution is -2.15. The van der Waals surface area contributed by atoms with Gasteiger partial charge in [0.25, 0.3) is 0 Å². The summed E-state index contributed by atoms with van der Waals surface area (Å²) in [6.07, 6.45) is 1.01. The van der Waals surface area contributed by atoms with Crippen LogP contribution in [0.2, 0.25) is 0 Å². The topological polar surface area (TPSA) is 44.5 Å². The maximum Gasteiger partial charge on any atom is 0.100 e. The van der Waals surface area contributed by atoms with Crippen molar-refractivity contribution < 1.29 is 9.78 Å². The Morgan fingerprint density at radius 3 is 2.00 bits per heavy atom. The van der Waals surface area contributed by atoms with Crippen LogP contribution in [-0.4, -0.2) is 19.3 Å². The Morgan fingerprint density at radius 2 is 1.89 bits per heavy atom. The van der Waals surface area contributed by atoms with E-state index in [1.165, 1.54) is 7.05 Å². The summed E-state index contributed by atoms with van der Waals surface area (Å²) in [5.74, 6) is 0. The number of nitrogens with two attached hydrogens (primary N) is 1. The van der Waals surface area contributed by atoms with Gasteiger partial charge in [0, 0.05) is 6.42 Å². The van der Waals surface area contributed by atoms with Crippen molar-refractivity contribution in [2.45, 2.75) is 25.9 Å². The Kier molecular flexibility index (Phi) is 3.77. The van der Waals surface area contributed by atoms with Gasteiger partial charge in [0.15, 0.2) is 0 Å². The van der Waals surface area contributed by atoms with Crippen LogP contribution >= 0.6 is 0 Å². The van der Waals surface area contributed by atoms with E-state index in [1.807, 2.05) is 13.8 Å². The molecule has 0 saturated carbocycles. The highest BCUT2D eigenvalue weighted by molar-refractivity contribution is 4.68. The zero-order valence-corrected chi connectivity index (χ0v) is 6.31. The Hall–Kier alpha value is -0.120. The SMILES string of the molecule is CC1(C)CCOO1.CN. The maximum atomic E-state index is 4.84. The van der Waals surface area contributed by atoms with Crippen molar-refractivity contribution in [3.8, 4) is 0 Å². The summed E-state index contributed by atoms with van der Waals surface area (Å²) in [4.78, 5) is 9.50. The van der Waals surface area contributed by atoms with E-state index in [2.05, 4.69) is 10.6 Å². The third kappa shape index (κ3) is 3.46. The summed E-state index contributed by atoms with van der Waals surface area (Å²) in [6.45, 7) is 4.77. The van der Waals surface area contributed by atoms with E-state index in [-0.39, 0.29) is 5.60 Å². The Balaban J connectivity index is 0.000000291. The van der Waals surface area contributed by atoms with Crippen LogP contribution in [0, 0.1) is 0 Å². The molecular weight excluding hydrogens is 118 g/mol. The zero-order chi connectivity index (χ0) is 7.33. The molecule has 1 fully saturated rings. The molecule has 0 aromatic rings. The van der Waals surface area contributed by atoms with Gasteiger partial charge in [0.05, 0.1) is 6.61 Å². The molecule has 3 heteroatoms. The number of hydrogen-bond acceptors (Lipinski definition) is 3. The van der Waals surface area contributed by atoms with E-state index >= 15 is 0 Å². The van der Waals surface area contributed by atoms with Crippen molar-refractivity contribution in [3.05, 3.63) is 0 Å². The molecule has 0 aromatic carbocycles. The molecule has 0 aromatic heterocycles. The molecule has 1 aliphatic rings. The van der Waals surface area contributed by atoms with Crippen molar-refractivity contribution in [1.82, 2.24) is 0 Å². The van der Waals surface area contributed by atoms with Gasteiger partial charge in [0.2, 0.25) is 0 Å². The van der Waals surface area contributed by atoms with Crippen LogP contribution in [0.3, 0.4) is 0 Å². The first-order chi connectivity index (χ1) is 4.21. The van der Waals surface area contributed by atoms with Gasteiger partial charge in [0.1, 0.15) is 5.60 Å². The molecule has 1 rings (SSSR count). The highest BCUT2D eigenvalue weighted by atomic mass is 17.2. The Morgan fingerprint density at radius 1 is 1.33 bits per heavy atom. The number of hydrogen-bond donors (Lipinski definition) is 1. The molecule has 0 bridgehead atoms. The average molecular weight is 133 g/mol. The van der Waals surface area contributed by atoms with E-state index in [1.54, 1.807) is 0 Å². The molecule has 1 saturated heterocycles. The van der Waals surface area contributed by atoms with Crippen LogP contribution in [0.1, 0.15) is 20.3 Å². The van der Waals surface area contributed by atoms with Gasteiger partial charge < -0.3 is 5.73 Å². The van der Waals surface area contributed by atoms with Gasteiger partial charge in [-0.05, 0) is 20.9 Å². The highest BCUT2D eigenvalue weighted by Gasteiger charge is 2.25. The van der Waals surface area contributed by atoms with E-state index in [0.717, 1.165) is 13.0 Å². The normalized spacial score (nSPS) is 22.7. The van der Waals surface area contributed by atoms with E-state index in [4.69, 9.17) is 4.89 Å². The smallest absolute Gasteiger partial charge is 0.100 e. The fourth-order valence-corrected chi connectivity index (χ4v) is 0.530. The minimum atomic E-state index is -0.0278. The molecule has 0 atom stereocenters. The molecule has 1 aliphatic heterocycles. The van der Waals surface area contributed by atoms with Crippen molar-refractivity contribution in [2.24, 2.45) is 5.73 Å². The van der Waals surface area contributed by atoms with Crippen LogP contribution in [-0.2, 0) is 9.78 Å². The zero-order valence-electron chi connectivity index (χ0n) is 6.31. The van der Waals surface area contributed by atoms with Gasteiger partial charge in [-0.2, -0.15) is 0 Å². The Labute approximate surface area is 56.1 Å². The molecule has 0 unspecified atom stereocenters. The van der Waals surface area contributed by atoms with E-state index in [9.17, 15) is 0 Å². The average Bonchev–Trinajstić information content (AvgIpc) is 2.19. The van der Waals surface area contributed by atoms with Crippen molar-refractivity contribution in [3.63, 3.8) is 0 Å². The van der Waals surface area contributed by atoms with E-state index in [0.29, 0.717) is 0 Å². The molecule has 0 spiro atoms. The molecule has 0 radical (unpaired) electrons. The first kappa shape index (κ1) is 8.88. The van der Waals surface area contributed by atoms with Crippen molar-refractivity contribution >= 4 is 0 Å². The summed E-state index contributed by atoms with van der Waals surface area (Å²) < 4.78 is 0. The monoisotopic (exact) mass is 133 g/mol. The summed E-state index contributed by atoms with van der Waals surface area (Å²) in [7, 11) is 1.50. The Bertz CT molecular complexity index is 65.5. The first-order valence-electron chi connectivity index (χ1n) is 3.09. The second-order valence-electron chi connectivity index (χ2n) is 2.42. The molecule has 1 heterocycles. The van der Waals surface area contributed by atoms with Gasteiger partial charge in [-0.3, -0.25) is 0 Å². The molecule has 56 valence electrons. The van der Waals surface area contributed by atoms with Gasteiger partial charge >= 0.3 is 0 Å². The maximum absolute atomic E-state index is 4.84. The van der Waals surface area contributed by atoms with Gasteiger partial charge in [-0.15, -0.1) is 0 Å². The lowest BCUT2D eigenvalue weighted by Gasteiger charge is -2.10. The molecule has 0 aliphatic carbocycles. The van der Waals surface area contributed by atoms with Gasteiger partial charge in [-0.25, -0.2) is 9.78 Å². The lowest BCUT2D eigenvalue weighted by atomic mass is 10.1. The van der Waals surface area contributed by atoms with Crippen LogP contribution in [0.5, 0.6) is 0 Å². The summed E-state index contributed by atoms with van der Waals surface area (Å²) >= 11 is 0. The standard InChI is InChI=1S/C5H10O2.CH5N/c1-5(2)3-4-6-7-5;1-2/h3-4H2,1-2H3;2H2,1H3. The lowest BCUT2D eigenvalue weighted by molar-refractivity contribution is -0.299. The molecule has 9 heavy (non-hydrogen) atoms. The summed E-state index contributed by atoms with van der Waals surface area (Å²) in [6, 6.07) is 0. The van der Waals surface area contributed by atoms with Crippen LogP contribution in [0.25, 0.3) is 0 Å². The second-order valence-corrected chi connectivity index (χ2v) is 2.42. The fourth-order valence-electron chi connectivity index (χ4n) is 0.530. The third-order valence-electron chi connectivity index (χ3n) is 1.07. The predicted molar refractivity (Wildman–Crippen MR) is 35.8 cm³/mol. The predicted octanol–water partition coefficient (Wildman–Crippen LogP) is 0.692. The molecule has 0 amide bonds. The molecule has 3 nitrogen and oxygen atoms in total. The summed E-state index contributed by atoms with van der Waals surface area (Å²) in [5, 5.41) is 0. The van der Waals surface area contributed by atoms with Crippen molar-refractivity contribution in [2.75, 3.05) is 13.7 Å². The minimum absolute atomic E-state index is 0.0278. The van der Waals surface area contributed by atoms with Gasteiger partial charge in [-0.1, -0.05) is 0 Å². The van der Waals surface area contributed by atoms with Crippen LogP contribution in [0.15, 0.2) is 0 Å². The second kappa shape index (κ2) is 3.82. The van der Waals surface area contributed by atoms with Crippen LogP contribution < -0.4 is 5.73 Å². The van der Waals surface area contributed by atoms with E-state index < -0.39 is 0 Å². The molecular formula is C6H15NO2. The third-order valence-corrected chi connectivity index (χ3v) is 1.07. The van der Waals surface area contributed by atoms with Crippen molar-refractivity contribution in [1.29, 1.82) is 0 Å². The molecule has 2 N–H and O–H groups in total. The van der Waals surface area contributed by atoms with Crippen LogP contribution in [0.4, 0.5) is 0 Å². The highest BCUT2D eigenvalue weighted by Crippen LogP contribution is 2.20. The quantitative estimate of drug-likeness (QED) is 0.494. The fraction of sp³-hybridized carbons (Fsp3) is 1.00. The largest absolute Gasteiger partial charge is 0.333 e. The number of rotatable bonds is 0. The minimum Gasteiger partial charge on any atom is -0.333 e. The summed E-state index contributed by atoms with van der Waals surface area (Å²) in [5.41, 5.74) is 4.47.